The molecule has 2 heterocycles. The van der Waals surface area contributed by atoms with Crippen LogP contribution in [0.4, 0.5) is 0 Å². The molecule has 1 amide bonds. The zero-order chi connectivity index (χ0) is 15.4. The van der Waals surface area contributed by atoms with Gasteiger partial charge in [0.2, 0.25) is 0 Å². The summed E-state index contributed by atoms with van der Waals surface area (Å²) in [6, 6.07) is 1.48. The summed E-state index contributed by atoms with van der Waals surface area (Å²) in [4.78, 5) is 22.8. The Bertz CT molecular complexity index is 664. The van der Waals surface area contributed by atoms with Crippen LogP contribution in [0.15, 0.2) is 22.9 Å². The molecule has 9 heteroatoms. The molecule has 0 aliphatic carbocycles. The van der Waals surface area contributed by atoms with Crippen LogP contribution in [0.1, 0.15) is 23.1 Å². The second-order valence-corrected chi connectivity index (χ2v) is 5.06. The summed E-state index contributed by atoms with van der Waals surface area (Å²) in [7, 11) is 0. The van der Waals surface area contributed by atoms with Crippen molar-refractivity contribution in [2.45, 2.75) is 26.6 Å². The first-order valence-electron chi connectivity index (χ1n) is 6.25. The molecule has 0 bridgehead atoms. The molecule has 0 spiro atoms. The molecule has 112 valence electrons. The van der Waals surface area contributed by atoms with Crippen molar-refractivity contribution in [3.8, 4) is 0 Å². The monoisotopic (exact) mass is 355 g/mol. The first-order chi connectivity index (χ1) is 10.0. The van der Waals surface area contributed by atoms with Gasteiger partial charge in [0.15, 0.2) is 0 Å². The number of halogens is 1. The van der Waals surface area contributed by atoms with E-state index in [1.807, 2.05) is 6.92 Å². The van der Waals surface area contributed by atoms with Crippen LogP contribution in [0.3, 0.4) is 0 Å². The highest BCUT2D eigenvalue weighted by Gasteiger charge is 2.15. The summed E-state index contributed by atoms with van der Waals surface area (Å²) in [6.07, 6.45) is 3.06. The van der Waals surface area contributed by atoms with Gasteiger partial charge in [-0.05, 0) is 28.9 Å². The maximum absolute atomic E-state index is 12.1. The Balaban J connectivity index is 2.07. The van der Waals surface area contributed by atoms with Crippen LogP contribution in [-0.2, 0) is 24.4 Å². The van der Waals surface area contributed by atoms with Crippen LogP contribution in [0.25, 0.3) is 0 Å². The molecule has 2 N–H and O–H groups in total. The zero-order valence-corrected chi connectivity index (χ0v) is 12.9. The van der Waals surface area contributed by atoms with E-state index in [0.717, 1.165) is 14.8 Å². The molecule has 0 atom stereocenters. The fourth-order valence-electron chi connectivity index (χ4n) is 1.87. The van der Waals surface area contributed by atoms with E-state index in [4.69, 9.17) is 5.11 Å². The van der Waals surface area contributed by atoms with Crippen molar-refractivity contribution in [2.24, 2.45) is 0 Å². The third-order valence-electron chi connectivity index (χ3n) is 2.85. The number of nitrogens with zero attached hydrogens (tertiary/aromatic N) is 4. The third-order valence-corrected chi connectivity index (χ3v) is 3.51. The summed E-state index contributed by atoms with van der Waals surface area (Å²) in [5.74, 6) is -1.44. The number of carboxylic acids is 1. The van der Waals surface area contributed by atoms with Crippen LogP contribution in [0.2, 0.25) is 0 Å². The minimum Gasteiger partial charge on any atom is -0.480 e. The highest BCUT2D eigenvalue weighted by molar-refractivity contribution is 9.10. The predicted molar refractivity (Wildman–Crippen MR) is 76.6 cm³/mol. The Morgan fingerprint density at radius 1 is 1.38 bits per heavy atom. The standard InChI is InChI=1S/C12H14BrN5O3/c1-2-17-10(8(13)5-16-17)6-14-12(21)9-3-4-15-18(9)7-11(19)20/h3-5H,2,6-7H2,1H3,(H,14,21)(H,19,20). The summed E-state index contributed by atoms with van der Waals surface area (Å²) in [5.41, 5.74) is 1.05. The van der Waals surface area contributed by atoms with Gasteiger partial charge in [-0.25, -0.2) is 4.68 Å². The van der Waals surface area contributed by atoms with Gasteiger partial charge in [0.05, 0.1) is 22.9 Å². The molecule has 0 aliphatic heterocycles. The van der Waals surface area contributed by atoms with Crippen molar-refractivity contribution in [3.05, 3.63) is 34.3 Å². The summed E-state index contributed by atoms with van der Waals surface area (Å²) < 4.78 is 3.71. The van der Waals surface area contributed by atoms with Crippen molar-refractivity contribution in [1.29, 1.82) is 0 Å². The molecule has 0 aromatic carbocycles. The molecule has 0 fully saturated rings. The van der Waals surface area contributed by atoms with Gasteiger partial charge >= 0.3 is 5.97 Å². The van der Waals surface area contributed by atoms with Crippen LogP contribution >= 0.6 is 15.9 Å². The van der Waals surface area contributed by atoms with Gasteiger partial charge in [0.25, 0.3) is 5.91 Å². The van der Waals surface area contributed by atoms with Gasteiger partial charge in [-0.3, -0.25) is 14.3 Å². The summed E-state index contributed by atoms with van der Waals surface area (Å²) in [5, 5.41) is 19.5. The Hall–Kier alpha value is -2.16. The van der Waals surface area contributed by atoms with Crippen molar-refractivity contribution in [1.82, 2.24) is 24.9 Å². The lowest BCUT2D eigenvalue weighted by Gasteiger charge is -2.09. The van der Waals surface area contributed by atoms with E-state index < -0.39 is 5.97 Å². The van der Waals surface area contributed by atoms with E-state index in [2.05, 4.69) is 31.4 Å². The third kappa shape index (κ3) is 3.48. The Labute approximate surface area is 128 Å². The Kier molecular flexibility index (Phi) is 4.73. The maximum Gasteiger partial charge on any atom is 0.325 e. The summed E-state index contributed by atoms with van der Waals surface area (Å²) in [6.45, 7) is 2.57. The number of carbonyl (C=O) groups excluding carboxylic acids is 1. The van der Waals surface area contributed by atoms with Gasteiger partial charge in [0, 0.05) is 12.7 Å². The Morgan fingerprint density at radius 3 is 2.81 bits per heavy atom. The second-order valence-electron chi connectivity index (χ2n) is 4.21. The smallest absolute Gasteiger partial charge is 0.325 e. The van der Waals surface area contributed by atoms with Gasteiger partial charge in [-0.2, -0.15) is 10.2 Å². The lowest BCUT2D eigenvalue weighted by atomic mass is 10.3. The molecule has 0 saturated heterocycles. The van der Waals surface area contributed by atoms with Crippen LogP contribution in [0, 0.1) is 0 Å². The van der Waals surface area contributed by atoms with Gasteiger partial charge in [-0.1, -0.05) is 0 Å². The number of nitrogens with one attached hydrogen (secondary N) is 1. The lowest BCUT2D eigenvalue weighted by molar-refractivity contribution is -0.137. The lowest BCUT2D eigenvalue weighted by Crippen LogP contribution is -2.28. The first-order valence-corrected chi connectivity index (χ1v) is 7.04. The largest absolute Gasteiger partial charge is 0.480 e. The molecular weight excluding hydrogens is 342 g/mol. The fraction of sp³-hybridized carbons (Fsp3) is 0.333. The average Bonchev–Trinajstić information content (AvgIpc) is 3.02. The topological polar surface area (TPSA) is 102 Å². The molecule has 8 nitrogen and oxygen atoms in total. The van der Waals surface area contributed by atoms with E-state index in [1.165, 1.54) is 12.3 Å². The molecule has 0 aliphatic rings. The summed E-state index contributed by atoms with van der Waals surface area (Å²) >= 11 is 3.37. The van der Waals surface area contributed by atoms with Crippen LogP contribution < -0.4 is 5.32 Å². The SMILES string of the molecule is CCn1ncc(Br)c1CNC(=O)c1ccnn1CC(=O)O. The zero-order valence-electron chi connectivity index (χ0n) is 11.3. The molecule has 21 heavy (non-hydrogen) atoms. The average molecular weight is 356 g/mol. The minimum absolute atomic E-state index is 0.205. The molecule has 0 saturated carbocycles. The number of hydrogen-bond donors (Lipinski definition) is 2. The van der Waals surface area contributed by atoms with E-state index in [-0.39, 0.29) is 24.7 Å². The van der Waals surface area contributed by atoms with Crippen LogP contribution in [-0.4, -0.2) is 36.5 Å². The predicted octanol–water partition coefficient (Wildman–Crippen LogP) is 0.877. The van der Waals surface area contributed by atoms with E-state index in [1.54, 1.807) is 10.9 Å². The molecule has 0 radical (unpaired) electrons. The molecule has 2 rings (SSSR count). The number of hydrogen-bond acceptors (Lipinski definition) is 4. The number of aromatic nitrogens is 4. The van der Waals surface area contributed by atoms with Gasteiger partial charge in [0.1, 0.15) is 12.2 Å². The van der Waals surface area contributed by atoms with Gasteiger partial charge < -0.3 is 10.4 Å². The molecule has 2 aromatic heterocycles. The van der Waals surface area contributed by atoms with Crippen molar-refractivity contribution >= 4 is 27.8 Å². The highest BCUT2D eigenvalue weighted by atomic mass is 79.9. The van der Waals surface area contributed by atoms with E-state index in [9.17, 15) is 9.59 Å². The second kappa shape index (κ2) is 6.53. The van der Waals surface area contributed by atoms with E-state index in [0.29, 0.717) is 6.54 Å². The van der Waals surface area contributed by atoms with Crippen LogP contribution in [0.5, 0.6) is 0 Å². The Morgan fingerprint density at radius 2 is 2.14 bits per heavy atom. The van der Waals surface area contributed by atoms with Crippen molar-refractivity contribution < 1.29 is 14.7 Å². The fourth-order valence-corrected chi connectivity index (χ4v) is 2.31. The number of rotatable bonds is 6. The highest BCUT2D eigenvalue weighted by Crippen LogP contribution is 2.15. The maximum atomic E-state index is 12.1. The van der Waals surface area contributed by atoms with Crippen molar-refractivity contribution in [3.63, 3.8) is 0 Å². The minimum atomic E-state index is -1.06. The quantitative estimate of drug-likeness (QED) is 0.800. The van der Waals surface area contributed by atoms with Crippen molar-refractivity contribution in [2.75, 3.05) is 0 Å². The normalized spacial score (nSPS) is 10.6. The number of aryl methyl sites for hydroxylation is 1. The number of carboxylic acid groups (broad SMARTS) is 1. The molecule has 2 aromatic rings. The molecular formula is C12H14BrN5O3. The van der Waals surface area contributed by atoms with Gasteiger partial charge in [-0.15, -0.1) is 0 Å². The number of carbonyl (C=O) groups is 2. The number of aliphatic carboxylic acids is 1. The number of amides is 1. The first kappa shape index (κ1) is 15.2. The molecule has 0 unspecified atom stereocenters. The van der Waals surface area contributed by atoms with E-state index >= 15 is 0 Å².